The van der Waals surface area contributed by atoms with E-state index in [1.165, 1.54) is 0 Å². The van der Waals surface area contributed by atoms with Gasteiger partial charge in [-0.1, -0.05) is 53.9 Å². The number of ether oxygens (including phenoxy) is 2. The van der Waals surface area contributed by atoms with Crippen molar-refractivity contribution >= 4 is 77.2 Å². The third-order valence-electron chi connectivity index (χ3n) is 7.99. The lowest BCUT2D eigenvalue weighted by Crippen LogP contribution is -2.23. The molecule has 0 radical (unpaired) electrons. The smallest absolute Gasteiger partial charge is 0.230 e. The summed E-state index contributed by atoms with van der Waals surface area (Å²) in [5.41, 5.74) is 5.77. The van der Waals surface area contributed by atoms with Crippen molar-refractivity contribution in [2.75, 3.05) is 42.8 Å². The topological polar surface area (TPSA) is 75.4 Å². The summed E-state index contributed by atoms with van der Waals surface area (Å²) in [4.78, 5) is 23.4. The maximum absolute atomic E-state index is 6.39. The molecule has 0 aliphatic carbocycles. The summed E-state index contributed by atoms with van der Waals surface area (Å²) in [5.74, 6) is 1.38. The number of fused-ring (bicyclic) bond motifs is 2. The molecule has 2 aromatic heterocycles. The number of rotatable bonds is 15. The number of thiazole rings is 2. The molecule has 0 unspecified atom stereocenters. The highest BCUT2D eigenvalue weighted by Crippen LogP contribution is 2.32. The lowest BCUT2D eigenvalue weighted by atomic mass is 10.1. The van der Waals surface area contributed by atoms with Crippen LogP contribution in [0.2, 0.25) is 0 Å². The van der Waals surface area contributed by atoms with Gasteiger partial charge in [0.2, 0.25) is 17.1 Å². The lowest BCUT2D eigenvalue weighted by Gasteiger charge is -2.24. The summed E-state index contributed by atoms with van der Waals surface area (Å²) in [6.45, 7) is 12.3. The lowest BCUT2D eigenvalue weighted by molar-refractivity contribution is 0.119. The fourth-order valence-electron chi connectivity index (χ4n) is 5.47. The number of benzene rings is 4. The Bertz CT molecular complexity index is 1960. The minimum atomic E-state index is 0.00894. The Morgan fingerprint density at radius 3 is 1.56 bits per heavy atom. The molecule has 2 heterocycles. The maximum Gasteiger partial charge on any atom is 0.230 e. The van der Waals surface area contributed by atoms with Gasteiger partial charge in [-0.2, -0.15) is 0 Å². The van der Waals surface area contributed by atoms with E-state index in [-0.39, 0.29) is 6.79 Å². The highest BCUT2D eigenvalue weighted by Gasteiger charge is 2.12. The summed E-state index contributed by atoms with van der Waals surface area (Å²) in [5, 5.41) is 1.40. The Labute approximate surface area is 290 Å². The Kier molecular flexibility index (Phi) is 10.9. The second kappa shape index (κ2) is 15.9. The first-order chi connectivity index (χ1) is 23.6. The average Bonchev–Trinajstić information content (AvgIpc) is 3.74. The minimum Gasteiger partial charge on any atom is -0.457 e. The van der Waals surface area contributed by atoms with Crippen molar-refractivity contribution in [3.8, 4) is 11.5 Å². The zero-order valence-electron chi connectivity index (χ0n) is 27.8. The first kappa shape index (κ1) is 33.1. The summed E-state index contributed by atoms with van der Waals surface area (Å²) >= 11 is 3.13. The molecule has 246 valence electrons. The van der Waals surface area contributed by atoms with Gasteiger partial charge in [-0.15, -0.1) is 0 Å². The fraction of sp³-hybridized carbons (Fsp3) is 0.263. The van der Waals surface area contributed by atoms with E-state index < -0.39 is 0 Å². The maximum atomic E-state index is 6.39. The van der Waals surface area contributed by atoms with E-state index in [9.17, 15) is 0 Å². The van der Waals surface area contributed by atoms with E-state index >= 15 is 0 Å². The Hall–Kier alpha value is -4.80. The van der Waals surface area contributed by atoms with Gasteiger partial charge in [0.05, 0.1) is 20.4 Å². The number of hydrogen-bond donors (Lipinski definition) is 0. The molecule has 0 N–H and O–H groups in total. The number of anilines is 2. The fourth-order valence-corrected chi connectivity index (χ4v) is 7.09. The normalized spacial score (nSPS) is 11.7. The van der Waals surface area contributed by atoms with Gasteiger partial charge in [-0.3, -0.25) is 0 Å². The van der Waals surface area contributed by atoms with Crippen molar-refractivity contribution in [2.24, 2.45) is 9.98 Å². The molecule has 0 saturated carbocycles. The monoisotopic (exact) mass is 676 g/mol. The molecule has 0 amide bonds. The van der Waals surface area contributed by atoms with Crippen LogP contribution in [-0.2, 0) is 0 Å². The van der Waals surface area contributed by atoms with Crippen LogP contribution in [0.25, 0.3) is 20.4 Å². The molecule has 0 spiro atoms. The van der Waals surface area contributed by atoms with Crippen molar-refractivity contribution in [2.45, 2.75) is 34.1 Å². The Morgan fingerprint density at radius 2 is 1.10 bits per heavy atom. The van der Waals surface area contributed by atoms with Crippen LogP contribution >= 0.6 is 22.7 Å². The highest BCUT2D eigenvalue weighted by atomic mass is 32.1. The standard InChI is InChI=1S/C38H40N6O2S2/c1-5-21-44(8-4)30-20-18-28(25-40-38-42-32-14-10-12-16-36(32)48-38)34(23-30)46-26-45-33-22-29(43(6-2)7-3)19-17-27(33)24-39-37-41-31-13-9-11-15-35(31)47-37/h9-20,22-25H,5-8,21,26H2,1-4H3/b39-24+,40-25+. The second-order valence-electron chi connectivity index (χ2n) is 11.0. The van der Waals surface area contributed by atoms with Crippen molar-refractivity contribution in [3.05, 3.63) is 96.1 Å². The van der Waals surface area contributed by atoms with Crippen LogP contribution in [0.5, 0.6) is 11.5 Å². The molecular formula is C38H40N6O2S2. The zero-order chi connectivity index (χ0) is 33.3. The molecule has 10 heteroatoms. The molecule has 6 rings (SSSR count). The Morgan fingerprint density at radius 1 is 0.625 bits per heavy atom. The SMILES string of the molecule is CCCN(CC)c1ccc(/C=N/c2nc3ccccc3s2)c(OCOc2cc(N(CC)CC)ccc2/C=N/c2nc3ccccc3s2)c1. The highest BCUT2D eigenvalue weighted by molar-refractivity contribution is 7.22. The van der Waals surface area contributed by atoms with Crippen molar-refractivity contribution in [1.29, 1.82) is 0 Å². The molecular weight excluding hydrogens is 637 g/mol. The first-order valence-electron chi connectivity index (χ1n) is 16.4. The number of hydrogen-bond acceptors (Lipinski definition) is 10. The molecule has 0 atom stereocenters. The van der Waals surface area contributed by atoms with Gasteiger partial charge in [-0.25, -0.2) is 20.0 Å². The molecule has 0 aliphatic rings. The van der Waals surface area contributed by atoms with E-state index in [0.29, 0.717) is 21.8 Å². The van der Waals surface area contributed by atoms with Crippen LogP contribution < -0.4 is 19.3 Å². The summed E-state index contributed by atoms with van der Waals surface area (Å²) < 4.78 is 15.0. The third-order valence-corrected chi connectivity index (χ3v) is 9.87. The summed E-state index contributed by atoms with van der Waals surface area (Å²) in [6.07, 6.45) is 4.70. The van der Waals surface area contributed by atoms with Gasteiger partial charge in [0, 0.05) is 73.2 Å². The molecule has 8 nitrogen and oxygen atoms in total. The predicted octanol–water partition coefficient (Wildman–Crippen LogP) is 9.90. The molecule has 4 aromatic carbocycles. The van der Waals surface area contributed by atoms with Gasteiger partial charge in [0.15, 0.2) is 0 Å². The quantitative estimate of drug-likeness (QED) is 0.0796. The van der Waals surface area contributed by atoms with E-state index in [1.54, 1.807) is 22.7 Å². The molecule has 48 heavy (non-hydrogen) atoms. The number of aliphatic imine (C=N–C) groups is 2. The number of para-hydroxylation sites is 2. The van der Waals surface area contributed by atoms with Gasteiger partial charge in [0.25, 0.3) is 0 Å². The molecule has 0 fully saturated rings. The van der Waals surface area contributed by atoms with Crippen molar-refractivity contribution in [1.82, 2.24) is 9.97 Å². The first-order valence-corrected chi connectivity index (χ1v) is 18.0. The van der Waals surface area contributed by atoms with E-state index in [2.05, 4.69) is 89.9 Å². The minimum absolute atomic E-state index is 0.00894. The van der Waals surface area contributed by atoms with Crippen molar-refractivity contribution < 1.29 is 9.47 Å². The van der Waals surface area contributed by atoms with Crippen LogP contribution in [-0.4, -0.2) is 55.4 Å². The van der Waals surface area contributed by atoms with E-state index in [1.807, 2.05) is 54.9 Å². The largest absolute Gasteiger partial charge is 0.457 e. The van der Waals surface area contributed by atoms with Gasteiger partial charge >= 0.3 is 0 Å². The van der Waals surface area contributed by atoms with Gasteiger partial charge in [0.1, 0.15) is 11.5 Å². The van der Waals surface area contributed by atoms with Crippen LogP contribution in [0.3, 0.4) is 0 Å². The predicted molar refractivity (Wildman–Crippen MR) is 204 cm³/mol. The van der Waals surface area contributed by atoms with Crippen molar-refractivity contribution in [3.63, 3.8) is 0 Å². The molecule has 6 aromatic rings. The van der Waals surface area contributed by atoms with E-state index in [0.717, 1.165) is 75.5 Å². The van der Waals surface area contributed by atoms with Crippen LogP contribution in [0.1, 0.15) is 45.2 Å². The molecule has 0 saturated heterocycles. The van der Waals surface area contributed by atoms with Crippen LogP contribution in [0.4, 0.5) is 21.6 Å². The zero-order valence-corrected chi connectivity index (χ0v) is 29.4. The molecule has 0 bridgehead atoms. The van der Waals surface area contributed by atoms with E-state index in [4.69, 9.17) is 19.5 Å². The van der Waals surface area contributed by atoms with Crippen LogP contribution in [0.15, 0.2) is 94.9 Å². The third kappa shape index (κ3) is 7.83. The summed E-state index contributed by atoms with van der Waals surface area (Å²) in [6, 6.07) is 28.6. The second-order valence-corrected chi connectivity index (χ2v) is 13.1. The summed E-state index contributed by atoms with van der Waals surface area (Å²) in [7, 11) is 0. The average molecular weight is 677 g/mol. The molecule has 0 aliphatic heterocycles. The van der Waals surface area contributed by atoms with Gasteiger partial charge < -0.3 is 19.3 Å². The number of nitrogens with zero attached hydrogens (tertiary/aromatic N) is 6. The van der Waals surface area contributed by atoms with Gasteiger partial charge in [-0.05, 0) is 75.7 Å². The number of aromatic nitrogens is 2. The van der Waals surface area contributed by atoms with Crippen LogP contribution in [0, 0.1) is 0 Å². The Balaban J connectivity index is 1.27.